The zero-order chi connectivity index (χ0) is 24.3. The van der Waals surface area contributed by atoms with Crippen LogP contribution in [0, 0.1) is 0 Å². The van der Waals surface area contributed by atoms with E-state index in [1.165, 1.54) is 43.5 Å². The Labute approximate surface area is 209 Å². The highest BCUT2D eigenvalue weighted by Crippen LogP contribution is 2.25. The molecule has 1 aliphatic carbocycles. The van der Waals surface area contributed by atoms with Crippen LogP contribution < -0.4 is 10.6 Å². The number of aromatic nitrogens is 5. The van der Waals surface area contributed by atoms with Crippen LogP contribution in [-0.4, -0.2) is 61.9 Å². The number of hydrogen-bond acceptors (Lipinski definition) is 7. The van der Waals surface area contributed by atoms with Crippen LogP contribution in [0.4, 0.5) is 11.6 Å². The molecule has 0 bridgehead atoms. The van der Waals surface area contributed by atoms with Crippen LogP contribution in [0.2, 0.25) is 0 Å². The van der Waals surface area contributed by atoms with E-state index in [0.717, 1.165) is 37.2 Å². The van der Waals surface area contributed by atoms with Gasteiger partial charge in [0, 0.05) is 17.8 Å². The number of benzene rings is 2. The van der Waals surface area contributed by atoms with E-state index >= 15 is 0 Å². The number of anilines is 2. The van der Waals surface area contributed by atoms with Crippen LogP contribution in [0.5, 0.6) is 0 Å². The lowest BCUT2D eigenvalue weighted by Gasteiger charge is -2.14. The molecular weight excluding hydrogens is 452 g/mol. The molecule has 9 nitrogen and oxygen atoms in total. The number of nitrogens with one attached hydrogen (secondary N) is 2. The van der Waals surface area contributed by atoms with Gasteiger partial charge in [-0.3, -0.25) is 4.79 Å². The molecule has 1 amide bonds. The molecule has 2 N–H and O–H groups in total. The number of likely N-dealkylation sites (tertiary alicyclic amines) is 1. The van der Waals surface area contributed by atoms with Gasteiger partial charge in [-0.2, -0.15) is 9.67 Å². The first-order chi connectivity index (χ1) is 17.7. The Morgan fingerprint density at radius 2 is 1.81 bits per heavy atom. The molecular formula is C27H30N8O. The average Bonchev–Trinajstić information content (AvgIpc) is 3.67. The molecule has 1 aliphatic heterocycles. The average molecular weight is 483 g/mol. The SMILES string of the molecule is O=C(NCCCN1CCCC1)c1ccc(Nc2ncc3nnn(-c4ccc5c(c4)CCC5)c3n2)cc1. The van der Waals surface area contributed by atoms with E-state index in [1.54, 1.807) is 10.9 Å². The van der Waals surface area contributed by atoms with Gasteiger partial charge >= 0.3 is 0 Å². The fourth-order valence-electron chi connectivity index (χ4n) is 5.10. The van der Waals surface area contributed by atoms with Crippen molar-refractivity contribution in [2.24, 2.45) is 0 Å². The first-order valence-electron chi connectivity index (χ1n) is 12.8. The first-order valence-corrected chi connectivity index (χ1v) is 12.8. The van der Waals surface area contributed by atoms with E-state index in [9.17, 15) is 4.79 Å². The van der Waals surface area contributed by atoms with Gasteiger partial charge in [0.05, 0.1) is 11.9 Å². The summed E-state index contributed by atoms with van der Waals surface area (Å²) in [5.41, 5.74) is 6.47. The van der Waals surface area contributed by atoms with Gasteiger partial charge < -0.3 is 15.5 Å². The minimum absolute atomic E-state index is 0.0510. The molecule has 2 aromatic carbocycles. The van der Waals surface area contributed by atoms with Crippen LogP contribution in [0.15, 0.2) is 48.7 Å². The molecule has 6 rings (SSSR count). The van der Waals surface area contributed by atoms with Crippen molar-refractivity contribution >= 4 is 28.7 Å². The molecule has 2 aliphatic rings. The van der Waals surface area contributed by atoms with Gasteiger partial charge in [0.2, 0.25) is 5.95 Å². The van der Waals surface area contributed by atoms with Gasteiger partial charge in [0.1, 0.15) is 0 Å². The maximum absolute atomic E-state index is 12.5. The number of nitrogens with zero attached hydrogens (tertiary/aromatic N) is 6. The largest absolute Gasteiger partial charge is 0.352 e. The third kappa shape index (κ3) is 4.79. The molecule has 36 heavy (non-hydrogen) atoms. The summed E-state index contributed by atoms with van der Waals surface area (Å²) in [6, 6.07) is 13.8. The van der Waals surface area contributed by atoms with Crippen LogP contribution in [0.25, 0.3) is 16.9 Å². The van der Waals surface area contributed by atoms with E-state index < -0.39 is 0 Å². The molecule has 9 heteroatoms. The molecule has 1 fully saturated rings. The second kappa shape index (κ2) is 10.0. The third-order valence-electron chi connectivity index (χ3n) is 7.06. The van der Waals surface area contributed by atoms with Gasteiger partial charge in [-0.15, -0.1) is 5.10 Å². The van der Waals surface area contributed by atoms with E-state index in [-0.39, 0.29) is 5.91 Å². The summed E-state index contributed by atoms with van der Waals surface area (Å²) in [5, 5.41) is 14.8. The van der Waals surface area contributed by atoms with Crippen molar-refractivity contribution in [3.8, 4) is 5.69 Å². The molecule has 0 saturated carbocycles. The van der Waals surface area contributed by atoms with Crippen molar-refractivity contribution in [2.45, 2.75) is 38.5 Å². The van der Waals surface area contributed by atoms with E-state index in [0.29, 0.717) is 29.2 Å². The highest BCUT2D eigenvalue weighted by Gasteiger charge is 2.15. The summed E-state index contributed by atoms with van der Waals surface area (Å²) in [6.07, 6.45) is 8.68. The standard InChI is InChI=1S/C27H30N8O/c36-26(28-13-4-16-34-14-1-2-15-34)20-7-10-22(11-8-20)30-27-29-18-24-25(31-27)35(33-32-24)23-12-9-19-5-3-6-21(19)17-23/h7-12,17-18H,1-6,13-16H2,(H,28,36)(H,29,30,31). The lowest BCUT2D eigenvalue weighted by Crippen LogP contribution is -2.28. The second-order valence-electron chi connectivity index (χ2n) is 9.57. The topological polar surface area (TPSA) is 101 Å². The number of hydrogen-bond donors (Lipinski definition) is 2. The van der Waals surface area contributed by atoms with Crippen molar-refractivity contribution in [1.82, 2.24) is 35.2 Å². The van der Waals surface area contributed by atoms with Crippen LogP contribution in [0.1, 0.15) is 47.2 Å². The normalized spacial score (nSPS) is 15.3. The zero-order valence-corrected chi connectivity index (χ0v) is 20.3. The van der Waals surface area contributed by atoms with Crippen molar-refractivity contribution in [3.63, 3.8) is 0 Å². The molecule has 3 heterocycles. The van der Waals surface area contributed by atoms with E-state index in [1.807, 2.05) is 24.3 Å². The van der Waals surface area contributed by atoms with Gasteiger partial charge in [0.25, 0.3) is 5.91 Å². The predicted molar refractivity (Wildman–Crippen MR) is 139 cm³/mol. The molecule has 2 aromatic heterocycles. The van der Waals surface area contributed by atoms with Crippen molar-refractivity contribution in [1.29, 1.82) is 0 Å². The molecule has 0 atom stereocenters. The van der Waals surface area contributed by atoms with Gasteiger partial charge in [-0.25, -0.2) is 4.98 Å². The van der Waals surface area contributed by atoms with Gasteiger partial charge in [-0.05, 0) is 106 Å². The minimum Gasteiger partial charge on any atom is -0.352 e. The first kappa shape index (κ1) is 22.6. The van der Waals surface area contributed by atoms with E-state index in [4.69, 9.17) is 0 Å². The van der Waals surface area contributed by atoms with Crippen molar-refractivity contribution in [2.75, 3.05) is 31.5 Å². The lowest BCUT2D eigenvalue weighted by molar-refractivity contribution is 0.0952. The maximum atomic E-state index is 12.5. The smallest absolute Gasteiger partial charge is 0.251 e. The predicted octanol–water partition coefficient (Wildman–Crippen LogP) is 3.66. The molecule has 1 saturated heterocycles. The fourth-order valence-corrected chi connectivity index (χ4v) is 5.10. The number of carbonyl (C=O) groups excluding carboxylic acids is 1. The van der Waals surface area contributed by atoms with Crippen LogP contribution >= 0.6 is 0 Å². The number of carbonyl (C=O) groups is 1. The summed E-state index contributed by atoms with van der Waals surface area (Å²) in [7, 11) is 0. The van der Waals surface area contributed by atoms with Gasteiger partial charge in [-0.1, -0.05) is 11.3 Å². The second-order valence-corrected chi connectivity index (χ2v) is 9.57. The summed E-state index contributed by atoms with van der Waals surface area (Å²) >= 11 is 0. The summed E-state index contributed by atoms with van der Waals surface area (Å²) in [5.74, 6) is 0.399. The van der Waals surface area contributed by atoms with Crippen LogP contribution in [0.3, 0.4) is 0 Å². The molecule has 184 valence electrons. The number of fused-ring (bicyclic) bond motifs is 2. The molecule has 0 radical (unpaired) electrons. The van der Waals surface area contributed by atoms with E-state index in [2.05, 4.69) is 54.0 Å². The third-order valence-corrected chi connectivity index (χ3v) is 7.06. The number of rotatable bonds is 8. The maximum Gasteiger partial charge on any atom is 0.251 e. The fraction of sp³-hybridized carbons (Fsp3) is 0.370. The highest BCUT2D eigenvalue weighted by molar-refractivity contribution is 5.94. The Balaban J connectivity index is 1.10. The monoisotopic (exact) mass is 482 g/mol. The molecule has 0 unspecified atom stereocenters. The zero-order valence-electron chi connectivity index (χ0n) is 20.3. The van der Waals surface area contributed by atoms with Crippen molar-refractivity contribution < 1.29 is 4.79 Å². The molecule has 4 aromatic rings. The van der Waals surface area contributed by atoms with Crippen LogP contribution in [-0.2, 0) is 12.8 Å². The number of amides is 1. The minimum atomic E-state index is -0.0510. The Hall–Kier alpha value is -3.85. The Kier molecular flexibility index (Phi) is 6.29. The summed E-state index contributed by atoms with van der Waals surface area (Å²) in [4.78, 5) is 24.0. The Bertz CT molecular complexity index is 1370. The highest BCUT2D eigenvalue weighted by atomic mass is 16.1. The molecule has 0 spiro atoms. The summed E-state index contributed by atoms with van der Waals surface area (Å²) in [6.45, 7) is 4.11. The Morgan fingerprint density at radius 1 is 0.972 bits per heavy atom. The lowest BCUT2D eigenvalue weighted by atomic mass is 10.1. The van der Waals surface area contributed by atoms with Gasteiger partial charge in [0.15, 0.2) is 11.2 Å². The number of aryl methyl sites for hydroxylation is 2. The summed E-state index contributed by atoms with van der Waals surface area (Å²) < 4.78 is 1.76. The van der Waals surface area contributed by atoms with Crippen molar-refractivity contribution in [3.05, 3.63) is 65.4 Å². The Morgan fingerprint density at radius 3 is 2.67 bits per heavy atom. The quantitative estimate of drug-likeness (QED) is 0.370.